The summed E-state index contributed by atoms with van der Waals surface area (Å²) in [4.78, 5) is 9.23. The molecule has 1 unspecified atom stereocenters. The molecule has 0 spiro atoms. The molecule has 0 aliphatic heterocycles. The largest absolute Gasteiger partial charge is 1.00 e. The predicted molar refractivity (Wildman–Crippen MR) is 115 cm³/mol. The van der Waals surface area contributed by atoms with E-state index in [1.54, 1.807) is 0 Å². The Kier molecular flexibility index (Phi) is 10.8. The summed E-state index contributed by atoms with van der Waals surface area (Å²) in [5.74, 6) is 1.26. The molecule has 1 N–H and O–H groups in total. The molecule has 0 radical (unpaired) electrons. The van der Waals surface area contributed by atoms with Gasteiger partial charge in [-0.15, -0.1) is 0 Å². The molecule has 0 saturated carbocycles. The Morgan fingerprint density at radius 3 is 2.39 bits per heavy atom. The number of aliphatic hydroxyl groups excluding tert-OH is 1. The van der Waals surface area contributed by atoms with Gasteiger partial charge in [0, 0.05) is 11.9 Å². The first-order chi connectivity index (χ1) is 13.0. The van der Waals surface area contributed by atoms with Crippen LogP contribution in [-0.2, 0) is 6.54 Å². The van der Waals surface area contributed by atoms with Crippen LogP contribution in [0.5, 0.6) is 0 Å². The molecule has 3 aromatic rings. The maximum absolute atomic E-state index is 10.6. The third-order valence-electron chi connectivity index (χ3n) is 4.54. The first-order valence-corrected chi connectivity index (χ1v) is 10.2. The zero-order valence-corrected chi connectivity index (χ0v) is 18.3. The minimum absolute atomic E-state index is 0. The van der Waals surface area contributed by atoms with E-state index in [4.69, 9.17) is 4.98 Å². The fourth-order valence-corrected chi connectivity index (χ4v) is 3.11. The minimum atomic E-state index is -0.514. The molecule has 1 atom stereocenters. The molecule has 0 saturated heterocycles. The minimum Gasteiger partial charge on any atom is -0.385 e. The second-order valence-corrected chi connectivity index (χ2v) is 7.50. The van der Waals surface area contributed by atoms with Gasteiger partial charge in [-0.1, -0.05) is 65.2 Å². The summed E-state index contributed by atoms with van der Waals surface area (Å²) in [6.45, 7) is 13.1. The van der Waals surface area contributed by atoms with Crippen LogP contribution in [0.3, 0.4) is 0 Å². The quantitative estimate of drug-likeness (QED) is 0.510. The molecule has 0 amide bonds. The van der Waals surface area contributed by atoms with Gasteiger partial charge in [0.05, 0.1) is 17.2 Å². The number of para-hydroxylation sites is 1. The van der Waals surface area contributed by atoms with Crippen LogP contribution < -0.4 is 18.9 Å². The van der Waals surface area contributed by atoms with Crippen LogP contribution in [0.1, 0.15) is 71.7 Å². The number of rotatable bonds is 7. The molecule has 0 fully saturated rings. The van der Waals surface area contributed by atoms with E-state index >= 15 is 0 Å². The molecular weight excluding hydrogens is 341 g/mol. The number of fused-ring (bicyclic) bond motifs is 3. The Morgan fingerprint density at radius 2 is 1.79 bits per heavy atom. The van der Waals surface area contributed by atoms with Crippen LogP contribution in [0.4, 0.5) is 0 Å². The van der Waals surface area contributed by atoms with E-state index < -0.39 is 6.10 Å². The van der Waals surface area contributed by atoms with E-state index in [0.717, 1.165) is 60.0 Å². The number of nitrogens with zero attached hydrogens (tertiary/aromatic N) is 3. The van der Waals surface area contributed by atoms with E-state index in [-0.39, 0.29) is 18.9 Å². The number of hydrogen-bond acceptors (Lipinski definition) is 3. The molecule has 0 bridgehead atoms. The number of hydrogen-bond donors (Lipinski definition) is 1. The van der Waals surface area contributed by atoms with Gasteiger partial charge >= 0.3 is 18.9 Å². The summed E-state index contributed by atoms with van der Waals surface area (Å²) in [7, 11) is 0. The molecule has 0 aliphatic carbocycles. The van der Waals surface area contributed by atoms with Crippen molar-refractivity contribution in [3.63, 3.8) is 0 Å². The second-order valence-electron chi connectivity index (χ2n) is 7.50. The van der Waals surface area contributed by atoms with Gasteiger partial charge in [0.25, 0.3) is 0 Å². The third kappa shape index (κ3) is 6.08. The first-order valence-electron chi connectivity index (χ1n) is 10.2. The van der Waals surface area contributed by atoms with Crippen LogP contribution in [0.15, 0.2) is 30.5 Å². The van der Waals surface area contributed by atoms with Crippen LogP contribution in [-0.4, -0.2) is 19.6 Å². The van der Waals surface area contributed by atoms with Crippen molar-refractivity contribution in [2.24, 2.45) is 5.92 Å². The number of aliphatic hydroxyl groups is 1. The van der Waals surface area contributed by atoms with Crippen molar-refractivity contribution in [1.29, 1.82) is 0 Å². The van der Waals surface area contributed by atoms with Gasteiger partial charge in [0.15, 0.2) is 0 Å². The molecule has 2 heterocycles. The zero-order chi connectivity index (χ0) is 19.8. The fourth-order valence-electron chi connectivity index (χ4n) is 3.11. The van der Waals surface area contributed by atoms with Crippen LogP contribution in [0.2, 0.25) is 0 Å². The van der Waals surface area contributed by atoms with Crippen molar-refractivity contribution in [3.8, 4) is 0 Å². The average Bonchev–Trinajstić information content (AvgIpc) is 3.04. The fraction of sp³-hybridized carbons (Fsp3) is 0.522. The van der Waals surface area contributed by atoms with E-state index in [1.165, 1.54) is 6.42 Å². The molecule has 4 nitrogen and oxygen atoms in total. The maximum atomic E-state index is 10.6. The van der Waals surface area contributed by atoms with Crippen LogP contribution >= 0.6 is 0 Å². The van der Waals surface area contributed by atoms with Crippen LogP contribution in [0.25, 0.3) is 21.9 Å². The SMILES string of the molecule is CCCCC(O)c1nc2cnc3ccccc3c2n1CC(C)C.[CH2-]CCC.[Li+]. The van der Waals surface area contributed by atoms with Gasteiger partial charge in [0.1, 0.15) is 17.4 Å². The number of pyridine rings is 1. The molecule has 3 rings (SSSR count). The van der Waals surface area contributed by atoms with Crippen molar-refractivity contribution < 1.29 is 24.0 Å². The van der Waals surface area contributed by atoms with Crippen molar-refractivity contribution in [3.05, 3.63) is 43.2 Å². The standard InChI is InChI=1S/C19H25N3O.C4H9.Li/c1-4-5-10-17(23)19-21-16-11-20-15-9-7-6-8-14(15)18(16)22(19)12-13(2)3;1-3-4-2;/h6-9,11,13,17,23H,4-5,10,12H2,1-3H3;1,3-4H2,2H3;/q;-1;+1. The molecule has 2 aromatic heterocycles. The van der Waals surface area contributed by atoms with Gasteiger partial charge in [0.2, 0.25) is 0 Å². The average molecular weight is 375 g/mol. The summed E-state index contributed by atoms with van der Waals surface area (Å²) < 4.78 is 2.20. The van der Waals surface area contributed by atoms with E-state index in [0.29, 0.717) is 5.92 Å². The third-order valence-corrected chi connectivity index (χ3v) is 4.54. The van der Waals surface area contributed by atoms with Crippen molar-refractivity contribution in [2.45, 2.75) is 72.4 Å². The summed E-state index contributed by atoms with van der Waals surface area (Å²) >= 11 is 0. The smallest absolute Gasteiger partial charge is 0.385 e. The van der Waals surface area contributed by atoms with E-state index in [2.05, 4.69) is 50.2 Å². The van der Waals surface area contributed by atoms with E-state index in [1.807, 2.05) is 24.4 Å². The number of aromatic nitrogens is 3. The van der Waals surface area contributed by atoms with Crippen molar-refractivity contribution in [2.75, 3.05) is 0 Å². The Bertz CT molecular complexity index is 842. The topological polar surface area (TPSA) is 50.9 Å². The number of unbranched alkanes of at least 4 members (excludes halogenated alkanes) is 2. The maximum Gasteiger partial charge on any atom is 1.00 e. The molecule has 5 heteroatoms. The van der Waals surface area contributed by atoms with Crippen molar-refractivity contribution in [1.82, 2.24) is 14.5 Å². The molecule has 148 valence electrons. The summed E-state index contributed by atoms with van der Waals surface area (Å²) in [5, 5.41) is 11.7. The number of benzene rings is 1. The monoisotopic (exact) mass is 375 g/mol. The zero-order valence-electron chi connectivity index (χ0n) is 18.3. The molecule has 28 heavy (non-hydrogen) atoms. The molecule has 0 aliphatic rings. The molecular formula is C23H34LiN3O. The van der Waals surface area contributed by atoms with Gasteiger partial charge in [-0.05, 0) is 18.4 Å². The Morgan fingerprint density at radius 1 is 1.11 bits per heavy atom. The normalized spacial score (nSPS) is 12.0. The van der Waals surface area contributed by atoms with Crippen molar-refractivity contribution >= 4 is 21.9 Å². The van der Waals surface area contributed by atoms with Crippen LogP contribution in [0, 0.1) is 12.8 Å². The predicted octanol–water partition coefficient (Wildman–Crippen LogP) is 3.09. The van der Waals surface area contributed by atoms with Gasteiger partial charge in [-0.2, -0.15) is 6.42 Å². The summed E-state index contributed by atoms with van der Waals surface area (Å²) in [6.07, 6.45) is 6.42. The summed E-state index contributed by atoms with van der Waals surface area (Å²) in [6, 6.07) is 8.14. The van der Waals surface area contributed by atoms with E-state index in [9.17, 15) is 5.11 Å². The number of imidazole rings is 1. The Labute approximate surface area is 181 Å². The summed E-state index contributed by atoms with van der Waals surface area (Å²) in [5.41, 5.74) is 2.93. The second kappa shape index (κ2) is 12.3. The first kappa shape index (κ1) is 24.7. The molecule has 1 aromatic carbocycles. The van der Waals surface area contributed by atoms with Gasteiger partial charge in [-0.3, -0.25) is 4.98 Å². The Balaban J connectivity index is 0.000000717. The van der Waals surface area contributed by atoms with Gasteiger partial charge in [-0.25, -0.2) is 4.98 Å². The van der Waals surface area contributed by atoms with Gasteiger partial charge < -0.3 is 16.6 Å². The Hall–Kier alpha value is -1.34.